The highest BCUT2D eigenvalue weighted by molar-refractivity contribution is 7.10. The smallest absolute Gasteiger partial charge is 0.253 e. The Labute approximate surface area is 138 Å². The van der Waals surface area contributed by atoms with Gasteiger partial charge in [0.05, 0.1) is 22.8 Å². The fourth-order valence-corrected chi connectivity index (χ4v) is 3.27. The number of thiophene rings is 1. The third-order valence-electron chi connectivity index (χ3n) is 3.53. The minimum Gasteiger partial charge on any atom is -0.345 e. The quantitative estimate of drug-likeness (QED) is 0.753. The van der Waals surface area contributed by atoms with E-state index in [4.69, 9.17) is 11.6 Å². The molecule has 5 heteroatoms. The summed E-state index contributed by atoms with van der Waals surface area (Å²) in [5.41, 5.74) is 2.13. The zero-order chi connectivity index (χ0) is 15.7. The van der Waals surface area contributed by atoms with E-state index in [-0.39, 0.29) is 11.9 Å². The van der Waals surface area contributed by atoms with Crippen molar-refractivity contribution in [3.05, 3.63) is 62.9 Å². The molecule has 2 heterocycles. The molecule has 3 rings (SSSR count). The molecule has 0 fully saturated rings. The molecule has 0 spiro atoms. The van der Waals surface area contributed by atoms with Gasteiger partial charge >= 0.3 is 0 Å². The van der Waals surface area contributed by atoms with Gasteiger partial charge in [-0.2, -0.15) is 0 Å². The van der Waals surface area contributed by atoms with Crippen molar-refractivity contribution in [2.24, 2.45) is 0 Å². The summed E-state index contributed by atoms with van der Waals surface area (Å²) in [6.07, 6.45) is 0. The third kappa shape index (κ3) is 2.98. The fraction of sp³-hybridized carbons (Fsp3) is 0.176. The Hall–Kier alpha value is -1.91. The Morgan fingerprint density at radius 3 is 2.86 bits per heavy atom. The fourth-order valence-electron chi connectivity index (χ4n) is 2.36. The maximum atomic E-state index is 12.5. The highest BCUT2D eigenvalue weighted by Gasteiger charge is 2.15. The van der Waals surface area contributed by atoms with Crippen molar-refractivity contribution in [2.75, 3.05) is 0 Å². The van der Waals surface area contributed by atoms with E-state index in [9.17, 15) is 4.79 Å². The van der Waals surface area contributed by atoms with Crippen LogP contribution < -0.4 is 5.32 Å². The van der Waals surface area contributed by atoms with Gasteiger partial charge in [-0.05, 0) is 49.6 Å². The number of amides is 1. The number of hydrogen-bond acceptors (Lipinski definition) is 3. The number of aromatic nitrogens is 1. The molecule has 0 aliphatic heterocycles. The van der Waals surface area contributed by atoms with E-state index in [1.807, 2.05) is 49.6 Å². The molecule has 0 bridgehead atoms. The molecule has 1 aromatic carbocycles. The van der Waals surface area contributed by atoms with Crippen LogP contribution in [0.15, 0.2) is 41.8 Å². The Bertz CT molecular complexity index is 830. The Morgan fingerprint density at radius 1 is 1.32 bits per heavy atom. The summed E-state index contributed by atoms with van der Waals surface area (Å²) in [6, 6.07) is 11.3. The first-order valence-corrected chi connectivity index (χ1v) is 8.21. The number of benzene rings is 1. The molecule has 0 aliphatic carbocycles. The number of carbonyl (C=O) groups excluding carboxylic acids is 1. The number of pyridine rings is 1. The van der Waals surface area contributed by atoms with Gasteiger partial charge in [-0.25, -0.2) is 0 Å². The Morgan fingerprint density at radius 2 is 2.14 bits per heavy atom. The predicted molar refractivity (Wildman–Crippen MR) is 91.7 cm³/mol. The van der Waals surface area contributed by atoms with Crippen molar-refractivity contribution < 1.29 is 4.79 Å². The van der Waals surface area contributed by atoms with Crippen molar-refractivity contribution in [1.82, 2.24) is 10.3 Å². The SMILES string of the molecule is Cc1nc2ccc(Cl)cc2cc1C(=O)N[C@H](C)c1cccs1. The molecular weight excluding hydrogens is 316 g/mol. The number of aryl methyl sites for hydroxylation is 1. The van der Waals surface area contributed by atoms with Crippen LogP contribution in [0.4, 0.5) is 0 Å². The van der Waals surface area contributed by atoms with Crippen LogP contribution in [0.25, 0.3) is 10.9 Å². The van der Waals surface area contributed by atoms with Gasteiger partial charge < -0.3 is 5.32 Å². The normalized spacial score (nSPS) is 12.3. The lowest BCUT2D eigenvalue weighted by Crippen LogP contribution is -2.27. The molecule has 2 aromatic heterocycles. The number of halogens is 1. The lowest BCUT2D eigenvalue weighted by atomic mass is 10.1. The van der Waals surface area contributed by atoms with Gasteiger partial charge in [0, 0.05) is 15.3 Å². The summed E-state index contributed by atoms with van der Waals surface area (Å²) in [6.45, 7) is 3.82. The second kappa shape index (κ2) is 6.07. The first-order valence-electron chi connectivity index (χ1n) is 6.96. The third-order valence-corrected chi connectivity index (χ3v) is 4.82. The van der Waals surface area contributed by atoms with Crippen molar-refractivity contribution in [1.29, 1.82) is 0 Å². The van der Waals surface area contributed by atoms with Gasteiger partial charge in [0.25, 0.3) is 5.91 Å². The van der Waals surface area contributed by atoms with Crippen LogP contribution in [-0.2, 0) is 0 Å². The van der Waals surface area contributed by atoms with Crippen LogP contribution >= 0.6 is 22.9 Å². The molecule has 22 heavy (non-hydrogen) atoms. The molecule has 3 nitrogen and oxygen atoms in total. The van der Waals surface area contributed by atoms with E-state index >= 15 is 0 Å². The standard InChI is InChI=1S/C17H15ClN2OS/c1-10-14(9-12-8-13(18)5-6-15(12)19-10)17(21)20-11(2)16-4-3-7-22-16/h3-9,11H,1-2H3,(H,20,21)/t11-/m1/s1. The lowest BCUT2D eigenvalue weighted by Gasteiger charge is -2.14. The van der Waals surface area contributed by atoms with Crippen LogP contribution in [0.1, 0.15) is 33.9 Å². The molecule has 1 N–H and O–H groups in total. The van der Waals surface area contributed by atoms with Crippen molar-refractivity contribution >= 4 is 39.7 Å². The van der Waals surface area contributed by atoms with Gasteiger partial charge in [0.1, 0.15) is 0 Å². The van der Waals surface area contributed by atoms with Crippen molar-refractivity contribution in [2.45, 2.75) is 19.9 Å². The average Bonchev–Trinajstić information content (AvgIpc) is 3.01. The number of carbonyl (C=O) groups is 1. The van der Waals surface area contributed by atoms with E-state index < -0.39 is 0 Å². The summed E-state index contributed by atoms with van der Waals surface area (Å²) >= 11 is 7.64. The summed E-state index contributed by atoms with van der Waals surface area (Å²) in [7, 11) is 0. The summed E-state index contributed by atoms with van der Waals surface area (Å²) in [5, 5.41) is 6.52. The predicted octanol–water partition coefficient (Wildman–Crippen LogP) is 4.75. The zero-order valence-corrected chi connectivity index (χ0v) is 13.8. The highest BCUT2D eigenvalue weighted by Crippen LogP contribution is 2.22. The summed E-state index contributed by atoms with van der Waals surface area (Å²) < 4.78 is 0. The van der Waals surface area contributed by atoms with Crippen LogP contribution in [-0.4, -0.2) is 10.9 Å². The summed E-state index contributed by atoms with van der Waals surface area (Å²) in [5.74, 6) is -0.118. The van der Waals surface area contributed by atoms with Gasteiger partial charge in [-0.15, -0.1) is 11.3 Å². The van der Waals surface area contributed by atoms with E-state index in [1.165, 1.54) is 0 Å². The van der Waals surface area contributed by atoms with E-state index in [0.29, 0.717) is 16.3 Å². The number of rotatable bonds is 3. The monoisotopic (exact) mass is 330 g/mol. The molecule has 1 atom stereocenters. The largest absolute Gasteiger partial charge is 0.345 e. The topological polar surface area (TPSA) is 42.0 Å². The van der Waals surface area contributed by atoms with Gasteiger partial charge in [0.2, 0.25) is 0 Å². The van der Waals surface area contributed by atoms with Crippen LogP contribution in [0.2, 0.25) is 5.02 Å². The van der Waals surface area contributed by atoms with Crippen LogP contribution in [0.3, 0.4) is 0 Å². The van der Waals surface area contributed by atoms with E-state index in [1.54, 1.807) is 17.4 Å². The van der Waals surface area contributed by atoms with Crippen LogP contribution in [0, 0.1) is 6.92 Å². The minimum absolute atomic E-state index is 0.0260. The minimum atomic E-state index is -0.118. The molecule has 0 saturated carbocycles. The molecule has 0 unspecified atom stereocenters. The maximum absolute atomic E-state index is 12.5. The second-order valence-electron chi connectivity index (χ2n) is 5.17. The van der Waals surface area contributed by atoms with Gasteiger partial charge in [0.15, 0.2) is 0 Å². The lowest BCUT2D eigenvalue weighted by molar-refractivity contribution is 0.0939. The highest BCUT2D eigenvalue weighted by atomic mass is 35.5. The van der Waals surface area contributed by atoms with Crippen LogP contribution in [0.5, 0.6) is 0 Å². The second-order valence-corrected chi connectivity index (χ2v) is 6.58. The average molecular weight is 331 g/mol. The molecular formula is C17H15ClN2OS. The van der Waals surface area contributed by atoms with E-state index in [0.717, 1.165) is 15.8 Å². The molecule has 0 radical (unpaired) electrons. The zero-order valence-electron chi connectivity index (χ0n) is 12.3. The summed E-state index contributed by atoms with van der Waals surface area (Å²) in [4.78, 5) is 18.1. The van der Waals surface area contributed by atoms with Crippen molar-refractivity contribution in [3.8, 4) is 0 Å². The number of nitrogens with one attached hydrogen (secondary N) is 1. The number of nitrogens with zero attached hydrogens (tertiary/aromatic N) is 1. The molecule has 0 aliphatic rings. The maximum Gasteiger partial charge on any atom is 0.253 e. The molecule has 1 amide bonds. The van der Waals surface area contributed by atoms with E-state index in [2.05, 4.69) is 10.3 Å². The first kappa shape index (κ1) is 15.0. The first-order chi connectivity index (χ1) is 10.5. The number of fused-ring (bicyclic) bond motifs is 1. The molecule has 112 valence electrons. The number of hydrogen-bond donors (Lipinski definition) is 1. The Kier molecular flexibility index (Phi) is 4.14. The molecule has 3 aromatic rings. The molecule has 0 saturated heterocycles. The van der Waals surface area contributed by atoms with Gasteiger partial charge in [-0.3, -0.25) is 9.78 Å². The Balaban J connectivity index is 1.91. The van der Waals surface area contributed by atoms with Crippen molar-refractivity contribution in [3.63, 3.8) is 0 Å². The van der Waals surface area contributed by atoms with Gasteiger partial charge in [-0.1, -0.05) is 17.7 Å².